The van der Waals surface area contributed by atoms with Gasteiger partial charge in [0, 0.05) is 33.0 Å². The number of ether oxygens (including phenoxy) is 2. The first-order chi connectivity index (χ1) is 9.35. The number of hydrogen-bond acceptors (Lipinski definition) is 3. The molecule has 0 aromatic rings. The van der Waals surface area contributed by atoms with E-state index in [4.69, 9.17) is 14.6 Å². The molecule has 1 atom stereocenters. The van der Waals surface area contributed by atoms with E-state index in [1.54, 1.807) is 0 Å². The van der Waals surface area contributed by atoms with Crippen molar-refractivity contribution in [3.63, 3.8) is 0 Å². The van der Waals surface area contributed by atoms with Gasteiger partial charge in [0.25, 0.3) is 0 Å². The van der Waals surface area contributed by atoms with Crippen molar-refractivity contribution < 1.29 is 14.6 Å². The Morgan fingerprint density at radius 2 is 1.47 bits per heavy atom. The number of aliphatic hydroxyl groups is 1. The Morgan fingerprint density at radius 1 is 0.842 bits per heavy atom. The molecular formula is C16H34O3. The Kier molecular flexibility index (Phi) is 15.8. The average molecular weight is 274 g/mol. The van der Waals surface area contributed by atoms with Crippen molar-refractivity contribution in [2.24, 2.45) is 5.92 Å². The molecule has 1 N–H and O–H groups in total. The van der Waals surface area contributed by atoms with Gasteiger partial charge in [0.2, 0.25) is 0 Å². The number of rotatable bonds is 15. The molecule has 0 aliphatic heterocycles. The number of aliphatic hydroxyl groups excluding tert-OH is 1. The van der Waals surface area contributed by atoms with Crippen LogP contribution in [0.15, 0.2) is 0 Å². The molecule has 19 heavy (non-hydrogen) atoms. The van der Waals surface area contributed by atoms with Crippen molar-refractivity contribution in [2.75, 3.05) is 33.0 Å². The molecule has 0 bridgehead atoms. The SMILES string of the molecule is CCCCC(CC)COCCCCOCCCCO. The lowest BCUT2D eigenvalue weighted by molar-refractivity contribution is 0.0782. The maximum atomic E-state index is 8.61. The van der Waals surface area contributed by atoms with Gasteiger partial charge >= 0.3 is 0 Å². The third kappa shape index (κ3) is 14.1. The van der Waals surface area contributed by atoms with E-state index in [2.05, 4.69) is 13.8 Å². The molecule has 0 fully saturated rings. The Balaban J connectivity index is 3.16. The Labute approximate surface area is 119 Å². The first kappa shape index (κ1) is 18.9. The van der Waals surface area contributed by atoms with Crippen molar-refractivity contribution in [1.29, 1.82) is 0 Å². The molecule has 0 radical (unpaired) electrons. The van der Waals surface area contributed by atoms with E-state index in [1.807, 2.05) is 0 Å². The van der Waals surface area contributed by atoms with Crippen LogP contribution in [0.5, 0.6) is 0 Å². The number of hydrogen-bond donors (Lipinski definition) is 1. The summed E-state index contributed by atoms with van der Waals surface area (Å²) in [5.74, 6) is 0.745. The third-order valence-electron chi connectivity index (χ3n) is 3.42. The predicted octanol–water partition coefficient (Wildman–Crippen LogP) is 3.79. The third-order valence-corrected chi connectivity index (χ3v) is 3.42. The molecule has 3 heteroatoms. The van der Waals surface area contributed by atoms with Crippen LogP contribution in [0, 0.1) is 5.92 Å². The van der Waals surface area contributed by atoms with Gasteiger partial charge in [-0.1, -0.05) is 33.1 Å². The van der Waals surface area contributed by atoms with Crippen molar-refractivity contribution in [3.05, 3.63) is 0 Å². The highest BCUT2D eigenvalue weighted by atomic mass is 16.5. The second kappa shape index (κ2) is 15.9. The Bertz CT molecular complexity index is 162. The highest BCUT2D eigenvalue weighted by molar-refractivity contribution is 4.55. The largest absolute Gasteiger partial charge is 0.396 e. The average Bonchev–Trinajstić information content (AvgIpc) is 2.44. The summed E-state index contributed by atoms with van der Waals surface area (Å²) in [5.41, 5.74) is 0. The van der Waals surface area contributed by atoms with Crippen molar-refractivity contribution in [3.8, 4) is 0 Å². The summed E-state index contributed by atoms with van der Waals surface area (Å²) in [6.07, 6.45) is 9.11. The van der Waals surface area contributed by atoms with Crippen LogP contribution in [0.1, 0.15) is 65.2 Å². The molecule has 1 unspecified atom stereocenters. The monoisotopic (exact) mass is 274 g/mol. The molecule has 3 nitrogen and oxygen atoms in total. The van der Waals surface area contributed by atoms with Crippen molar-refractivity contribution in [1.82, 2.24) is 0 Å². The first-order valence-corrected chi connectivity index (χ1v) is 8.11. The molecule has 116 valence electrons. The molecule has 0 aromatic carbocycles. The normalized spacial score (nSPS) is 12.8. The molecule has 0 amide bonds. The summed E-state index contributed by atoms with van der Waals surface area (Å²) in [4.78, 5) is 0. The summed E-state index contributed by atoms with van der Waals surface area (Å²) in [6.45, 7) is 8.15. The first-order valence-electron chi connectivity index (χ1n) is 8.11. The van der Waals surface area contributed by atoms with Crippen LogP contribution in [0.25, 0.3) is 0 Å². The fourth-order valence-corrected chi connectivity index (χ4v) is 1.97. The molecule has 0 aromatic heterocycles. The topological polar surface area (TPSA) is 38.7 Å². The van der Waals surface area contributed by atoms with Gasteiger partial charge in [-0.3, -0.25) is 0 Å². The van der Waals surface area contributed by atoms with Gasteiger partial charge < -0.3 is 14.6 Å². The summed E-state index contributed by atoms with van der Waals surface area (Å²) in [5, 5.41) is 8.61. The van der Waals surface area contributed by atoms with Crippen LogP contribution in [0.2, 0.25) is 0 Å². The fourth-order valence-electron chi connectivity index (χ4n) is 1.97. The molecule has 0 saturated heterocycles. The van der Waals surface area contributed by atoms with Crippen LogP contribution in [0.4, 0.5) is 0 Å². The quantitative estimate of drug-likeness (QED) is 0.462. The second-order valence-electron chi connectivity index (χ2n) is 5.24. The minimum atomic E-state index is 0.272. The van der Waals surface area contributed by atoms with Crippen LogP contribution < -0.4 is 0 Å². The summed E-state index contributed by atoms with van der Waals surface area (Å²) < 4.78 is 11.2. The maximum Gasteiger partial charge on any atom is 0.0494 e. The van der Waals surface area contributed by atoms with Crippen LogP contribution in [0.3, 0.4) is 0 Å². The molecular weight excluding hydrogens is 240 g/mol. The number of unbranched alkanes of at least 4 members (excludes halogenated alkanes) is 3. The van der Waals surface area contributed by atoms with Gasteiger partial charge in [-0.05, 0) is 38.0 Å². The van der Waals surface area contributed by atoms with Crippen molar-refractivity contribution in [2.45, 2.75) is 65.2 Å². The molecule has 0 spiro atoms. The van der Waals surface area contributed by atoms with Crippen LogP contribution in [-0.4, -0.2) is 38.1 Å². The van der Waals surface area contributed by atoms with Crippen molar-refractivity contribution >= 4 is 0 Å². The zero-order chi connectivity index (χ0) is 14.2. The molecule has 0 aliphatic rings. The van der Waals surface area contributed by atoms with Crippen LogP contribution >= 0.6 is 0 Å². The molecule has 0 heterocycles. The summed E-state index contributed by atoms with van der Waals surface area (Å²) in [6, 6.07) is 0. The van der Waals surface area contributed by atoms with Gasteiger partial charge in [-0.25, -0.2) is 0 Å². The van der Waals surface area contributed by atoms with Gasteiger partial charge in [0.15, 0.2) is 0 Å². The summed E-state index contributed by atoms with van der Waals surface area (Å²) >= 11 is 0. The molecule has 0 rings (SSSR count). The molecule has 0 saturated carbocycles. The second-order valence-corrected chi connectivity index (χ2v) is 5.24. The Morgan fingerprint density at radius 3 is 2.05 bits per heavy atom. The zero-order valence-electron chi connectivity index (χ0n) is 13.0. The van der Waals surface area contributed by atoms with E-state index in [-0.39, 0.29) is 6.61 Å². The smallest absolute Gasteiger partial charge is 0.0494 e. The minimum Gasteiger partial charge on any atom is -0.396 e. The highest BCUT2D eigenvalue weighted by Gasteiger charge is 2.05. The zero-order valence-corrected chi connectivity index (χ0v) is 13.0. The van der Waals surface area contributed by atoms with E-state index < -0.39 is 0 Å². The van der Waals surface area contributed by atoms with Gasteiger partial charge in [0.1, 0.15) is 0 Å². The minimum absolute atomic E-state index is 0.272. The van der Waals surface area contributed by atoms with Gasteiger partial charge in [0.05, 0.1) is 0 Å². The van der Waals surface area contributed by atoms with E-state index in [9.17, 15) is 0 Å². The molecule has 0 aliphatic carbocycles. The van der Waals surface area contributed by atoms with E-state index in [0.29, 0.717) is 0 Å². The standard InChI is InChI=1S/C16H34O3/c1-3-5-10-16(4-2)15-19-14-9-8-13-18-12-7-6-11-17/h16-17H,3-15H2,1-2H3. The van der Waals surface area contributed by atoms with Gasteiger partial charge in [-0.2, -0.15) is 0 Å². The summed E-state index contributed by atoms with van der Waals surface area (Å²) in [7, 11) is 0. The van der Waals surface area contributed by atoms with Gasteiger partial charge in [-0.15, -0.1) is 0 Å². The van der Waals surface area contributed by atoms with Crippen LogP contribution in [-0.2, 0) is 9.47 Å². The highest BCUT2D eigenvalue weighted by Crippen LogP contribution is 2.12. The lowest BCUT2D eigenvalue weighted by atomic mass is 10.0. The lowest BCUT2D eigenvalue weighted by Gasteiger charge is -2.14. The fraction of sp³-hybridized carbons (Fsp3) is 1.00. The van der Waals surface area contributed by atoms with E-state index in [1.165, 1.54) is 25.7 Å². The van der Waals surface area contributed by atoms with E-state index >= 15 is 0 Å². The maximum absolute atomic E-state index is 8.61. The predicted molar refractivity (Wildman–Crippen MR) is 80.5 cm³/mol. The van der Waals surface area contributed by atoms with E-state index in [0.717, 1.165) is 58.0 Å². The lowest BCUT2D eigenvalue weighted by Crippen LogP contribution is -2.10. The Hall–Kier alpha value is -0.120.